The van der Waals surface area contributed by atoms with E-state index in [1.165, 1.54) is 0 Å². The summed E-state index contributed by atoms with van der Waals surface area (Å²) in [4.78, 5) is 0. The third kappa shape index (κ3) is 2.56. The van der Waals surface area contributed by atoms with Crippen LogP contribution in [0.1, 0.15) is 32.1 Å². The predicted octanol–water partition coefficient (Wildman–Crippen LogP) is 3.37. The topological polar surface area (TPSA) is 9.23 Å². The summed E-state index contributed by atoms with van der Waals surface area (Å²) in [5.41, 5.74) is 0. The Hall–Kier alpha value is 0.110. The van der Waals surface area contributed by atoms with Crippen LogP contribution in [0.15, 0.2) is 0 Å². The molecule has 0 aliphatic heterocycles. The lowest BCUT2D eigenvalue weighted by Gasteiger charge is -2.28. The van der Waals surface area contributed by atoms with Crippen molar-refractivity contribution in [3.8, 4) is 0 Å². The Morgan fingerprint density at radius 3 is 2.33 bits per heavy atom. The Kier molecular flexibility index (Phi) is 3.72. The second-order valence-electron chi connectivity index (χ2n) is 3.15. The predicted molar refractivity (Wildman–Crippen MR) is 43.3 cm³/mol. The summed E-state index contributed by atoms with van der Waals surface area (Å²) < 4.78 is 30.2. The molecular formula is C8H13ClF2O. The molecule has 12 heavy (non-hydrogen) atoms. The van der Waals surface area contributed by atoms with Crippen LogP contribution >= 0.6 is 11.6 Å². The van der Waals surface area contributed by atoms with Crippen LogP contribution in [0, 0.1) is 5.92 Å². The lowest BCUT2D eigenvalue weighted by atomic mass is 9.88. The van der Waals surface area contributed by atoms with Crippen LogP contribution in [-0.2, 0) is 4.74 Å². The molecule has 0 spiro atoms. The first-order chi connectivity index (χ1) is 5.67. The van der Waals surface area contributed by atoms with Crippen molar-refractivity contribution in [1.82, 2.24) is 0 Å². The Balaban J connectivity index is 2.41. The molecule has 0 heterocycles. The van der Waals surface area contributed by atoms with E-state index >= 15 is 0 Å². The molecule has 1 aliphatic carbocycles. The summed E-state index contributed by atoms with van der Waals surface area (Å²) in [6.07, 6.45) is 0.932. The molecular weight excluding hydrogens is 186 g/mol. The van der Waals surface area contributed by atoms with E-state index in [4.69, 9.17) is 11.6 Å². The molecule has 0 unspecified atom stereocenters. The van der Waals surface area contributed by atoms with Crippen LogP contribution in [0.4, 0.5) is 8.78 Å². The van der Waals surface area contributed by atoms with Gasteiger partial charge in [0, 0.05) is 0 Å². The van der Waals surface area contributed by atoms with E-state index in [0.29, 0.717) is 12.8 Å². The zero-order chi connectivity index (χ0) is 9.03. The third-order valence-electron chi connectivity index (χ3n) is 2.33. The highest BCUT2D eigenvalue weighted by atomic mass is 35.5. The summed E-state index contributed by atoms with van der Waals surface area (Å²) in [7, 11) is 0. The molecule has 0 bridgehead atoms. The van der Waals surface area contributed by atoms with Gasteiger partial charge >= 0.3 is 6.11 Å². The van der Waals surface area contributed by atoms with Gasteiger partial charge in [-0.25, -0.2) is 0 Å². The highest BCUT2D eigenvalue weighted by molar-refractivity contribution is 6.17. The molecule has 0 saturated heterocycles. The first-order valence-corrected chi connectivity index (χ1v) is 4.78. The Morgan fingerprint density at radius 2 is 1.83 bits per heavy atom. The van der Waals surface area contributed by atoms with E-state index in [1.807, 2.05) is 0 Å². The van der Waals surface area contributed by atoms with Gasteiger partial charge in [-0.2, -0.15) is 8.78 Å². The maximum Gasteiger partial charge on any atom is 0.359 e. The Labute approximate surface area is 76.0 Å². The van der Waals surface area contributed by atoms with Crippen LogP contribution in [-0.4, -0.2) is 12.2 Å². The Bertz CT molecular complexity index is 135. The maximum absolute atomic E-state index is 13.0. The van der Waals surface area contributed by atoms with Crippen molar-refractivity contribution in [2.75, 3.05) is 6.07 Å². The molecule has 4 heteroatoms. The van der Waals surface area contributed by atoms with Crippen molar-refractivity contribution in [2.45, 2.75) is 38.2 Å². The average molecular weight is 199 g/mol. The van der Waals surface area contributed by atoms with E-state index < -0.39 is 18.1 Å². The van der Waals surface area contributed by atoms with Crippen LogP contribution in [0.5, 0.6) is 0 Å². The Morgan fingerprint density at radius 1 is 1.25 bits per heavy atom. The standard InChI is InChI=1S/C8H13ClF2O/c9-6-12-8(10,11)7-4-2-1-3-5-7/h7H,1-6H2. The molecule has 0 aromatic heterocycles. The van der Waals surface area contributed by atoms with Crippen molar-refractivity contribution >= 4 is 11.6 Å². The van der Waals surface area contributed by atoms with E-state index in [-0.39, 0.29) is 0 Å². The molecule has 1 aliphatic rings. The number of hydrogen-bond acceptors (Lipinski definition) is 1. The van der Waals surface area contributed by atoms with Crippen molar-refractivity contribution in [1.29, 1.82) is 0 Å². The van der Waals surface area contributed by atoms with Gasteiger partial charge in [0.1, 0.15) is 6.07 Å². The molecule has 0 atom stereocenters. The average Bonchev–Trinajstić information content (AvgIpc) is 2.06. The van der Waals surface area contributed by atoms with Gasteiger partial charge in [0.05, 0.1) is 5.92 Å². The molecule has 1 saturated carbocycles. The minimum atomic E-state index is -3.01. The first-order valence-electron chi connectivity index (χ1n) is 4.24. The molecule has 0 amide bonds. The van der Waals surface area contributed by atoms with Crippen molar-refractivity contribution in [3.05, 3.63) is 0 Å². The normalized spacial score (nSPS) is 21.2. The number of halogens is 3. The maximum atomic E-state index is 13.0. The molecule has 1 fully saturated rings. The third-order valence-corrected chi connectivity index (χ3v) is 2.44. The van der Waals surface area contributed by atoms with Gasteiger partial charge in [-0.05, 0) is 12.8 Å². The van der Waals surface area contributed by atoms with E-state index in [9.17, 15) is 8.78 Å². The minimum Gasteiger partial charge on any atom is -0.304 e. The fraction of sp³-hybridized carbons (Fsp3) is 1.00. The fourth-order valence-corrected chi connectivity index (χ4v) is 1.77. The van der Waals surface area contributed by atoms with Gasteiger partial charge in [-0.3, -0.25) is 0 Å². The minimum absolute atomic E-state index is 0.427. The molecule has 72 valence electrons. The summed E-state index contributed by atoms with van der Waals surface area (Å²) in [6.45, 7) is 0. The van der Waals surface area contributed by atoms with Gasteiger partial charge in [-0.15, -0.1) is 0 Å². The zero-order valence-corrected chi connectivity index (χ0v) is 7.62. The molecule has 1 rings (SSSR count). The van der Waals surface area contributed by atoms with Crippen molar-refractivity contribution in [3.63, 3.8) is 0 Å². The molecule has 0 N–H and O–H groups in total. The summed E-state index contributed by atoms with van der Waals surface area (Å²) in [5, 5.41) is 0. The van der Waals surface area contributed by atoms with Gasteiger partial charge in [-0.1, -0.05) is 30.9 Å². The van der Waals surface area contributed by atoms with E-state index in [0.717, 1.165) is 19.3 Å². The highest BCUT2D eigenvalue weighted by Crippen LogP contribution is 2.37. The smallest absolute Gasteiger partial charge is 0.304 e. The fourth-order valence-electron chi connectivity index (χ4n) is 1.63. The van der Waals surface area contributed by atoms with Gasteiger partial charge in [0.25, 0.3) is 0 Å². The first kappa shape index (κ1) is 10.2. The highest BCUT2D eigenvalue weighted by Gasteiger charge is 2.40. The molecule has 0 radical (unpaired) electrons. The van der Waals surface area contributed by atoms with Crippen LogP contribution in [0.2, 0.25) is 0 Å². The molecule has 1 nitrogen and oxygen atoms in total. The van der Waals surface area contributed by atoms with E-state index in [1.54, 1.807) is 0 Å². The number of rotatable bonds is 3. The summed E-state index contributed by atoms with van der Waals surface area (Å²) in [5.74, 6) is -0.620. The van der Waals surface area contributed by atoms with Crippen molar-refractivity contribution in [2.24, 2.45) is 5.92 Å². The largest absolute Gasteiger partial charge is 0.359 e. The lowest BCUT2D eigenvalue weighted by molar-refractivity contribution is -0.266. The quantitative estimate of drug-likeness (QED) is 0.632. The molecule has 0 aromatic rings. The number of alkyl halides is 3. The van der Waals surface area contributed by atoms with Gasteiger partial charge in [0.15, 0.2) is 0 Å². The van der Waals surface area contributed by atoms with Crippen molar-refractivity contribution < 1.29 is 13.5 Å². The van der Waals surface area contributed by atoms with Crippen LogP contribution < -0.4 is 0 Å². The summed E-state index contributed by atoms with van der Waals surface area (Å²) >= 11 is 5.10. The summed E-state index contributed by atoms with van der Waals surface area (Å²) in [6, 6.07) is -0.427. The van der Waals surface area contributed by atoms with Crippen LogP contribution in [0.25, 0.3) is 0 Å². The van der Waals surface area contributed by atoms with Crippen LogP contribution in [0.3, 0.4) is 0 Å². The monoisotopic (exact) mass is 198 g/mol. The SMILES string of the molecule is FC(F)(OCCl)C1CCCCC1. The number of hydrogen-bond donors (Lipinski definition) is 0. The van der Waals surface area contributed by atoms with Gasteiger partial charge in [0.2, 0.25) is 0 Å². The zero-order valence-electron chi connectivity index (χ0n) is 6.86. The van der Waals surface area contributed by atoms with E-state index in [2.05, 4.69) is 4.74 Å². The second kappa shape index (κ2) is 4.38. The number of ether oxygens (including phenoxy) is 1. The lowest BCUT2D eigenvalue weighted by Crippen LogP contribution is -2.32. The molecule has 0 aromatic carbocycles. The van der Waals surface area contributed by atoms with Gasteiger partial charge < -0.3 is 4.74 Å². The second-order valence-corrected chi connectivity index (χ2v) is 3.37.